The molecule has 1 nitrogen and oxygen atoms in total. The smallest absolute Gasteiger partial charge is 0.0534 e. The lowest BCUT2D eigenvalue weighted by Crippen LogP contribution is -2.41. The minimum atomic E-state index is 0.330. The van der Waals surface area contributed by atoms with E-state index in [0.29, 0.717) is 5.41 Å². The van der Waals surface area contributed by atoms with Crippen LogP contribution < -0.4 is 0 Å². The van der Waals surface area contributed by atoms with Gasteiger partial charge in [-0.1, -0.05) is 13.8 Å². The summed E-state index contributed by atoms with van der Waals surface area (Å²) in [6.07, 6.45) is 3.61. The van der Waals surface area contributed by atoms with Gasteiger partial charge in [0.25, 0.3) is 0 Å². The Bertz CT molecular complexity index is 130. The Morgan fingerprint density at radius 1 is 1.50 bits per heavy atom. The van der Waals surface area contributed by atoms with E-state index in [1.165, 1.54) is 12.8 Å². The highest BCUT2D eigenvalue weighted by molar-refractivity contribution is 6.18. The molecule has 1 aliphatic carbocycles. The molecule has 0 aromatic rings. The SMILES string of the molecule is CCCOCC1(CCl)CC(C)C1. The lowest BCUT2D eigenvalue weighted by atomic mass is 9.64. The molecule has 0 amide bonds. The van der Waals surface area contributed by atoms with Gasteiger partial charge in [-0.25, -0.2) is 0 Å². The molecule has 0 aromatic heterocycles. The van der Waals surface area contributed by atoms with E-state index < -0.39 is 0 Å². The zero-order chi connectivity index (χ0) is 9.03. The summed E-state index contributed by atoms with van der Waals surface area (Å²) in [6.45, 7) is 6.17. The van der Waals surface area contributed by atoms with Gasteiger partial charge in [-0.15, -0.1) is 11.6 Å². The normalized spacial score (nSPS) is 34.8. The van der Waals surface area contributed by atoms with Crippen LogP contribution in [-0.2, 0) is 4.74 Å². The van der Waals surface area contributed by atoms with Gasteiger partial charge in [0, 0.05) is 17.9 Å². The van der Waals surface area contributed by atoms with Crippen LogP contribution in [0.15, 0.2) is 0 Å². The van der Waals surface area contributed by atoms with E-state index >= 15 is 0 Å². The van der Waals surface area contributed by atoms with Crippen molar-refractivity contribution in [3.05, 3.63) is 0 Å². The zero-order valence-electron chi connectivity index (χ0n) is 8.11. The van der Waals surface area contributed by atoms with Crippen molar-refractivity contribution in [1.82, 2.24) is 0 Å². The summed E-state index contributed by atoms with van der Waals surface area (Å²) in [4.78, 5) is 0. The number of hydrogen-bond acceptors (Lipinski definition) is 1. The second-order valence-corrected chi connectivity index (χ2v) is 4.47. The maximum Gasteiger partial charge on any atom is 0.0534 e. The van der Waals surface area contributed by atoms with Crippen molar-refractivity contribution in [2.75, 3.05) is 19.1 Å². The molecule has 0 aromatic carbocycles. The maximum atomic E-state index is 5.92. The van der Waals surface area contributed by atoms with E-state index in [-0.39, 0.29) is 0 Å². The fraction of sp³-hybridized carbons (Fsp3) is 1.00. The quantitative estimate of drug-likeness (QED) is 0.478. The number of halogens is 1. The molecule has 0 unspecified atom stereocenters. The number of ether oxygens (including phenoxy) is 1. The monoisotopic (exact) mass is 190 g/mol. The van der Waals surface area contributed by atoms with Gasteiger partial charge in [0.15, 0.2) is 0 Å². The van der Waals surface area contributed by atoms with Gasteiger partial charge in [-0.2, -0.15) is 0 Å². The van der Waals surface area contributed by atoms with Crippen molar-refractivity contribution in [3.63, 3.8) is 0 Å². The molecule has 0 saturated heterocycles. The van der Waals surface area contributed by atoms with Crippen LogP contribution in [0.25, 0.3) is 0 Å². The molecule has 0 radical (unpaired) electrons. The maximum absolute atomic E-state index is 5.92. The fourth-order valence-corrected chi connectivity index (χ4v) is 2.41. The average Bonchev–Trinajstić information content (AvgIpc) is 2.01. The van der Waals surface area contributed by atoms with E-state index in [1.807, 2.05) is 0 Å². The van der Waals surface area contributed by atoms with Gasteiger partial charge in [0.2, 0.25) is 0 Å². The predicted octanol–water partition coefficient (Wildman–Crippen LogP) is 3.07. The van der Waals surface area contributed by atoms with Gasteiger partial charge < -0.3 is 4.74 Å². The lowest BCUT2D eigenvalue weighted by molar-refractivity contribution is -0.0191. The number of hydrogen-bond donors (Lipinski definition) is 0. The van der Waals surface area contributed by atoms with Crippen molar-refractivity contribution < 1.29 is 4.74 Å². The molecule has 1 aliphatic rings. The summed E-state index contributed by atoms with van der Waals surface area (Å²) in [5, 5.41) is 0. The summed E-state index contributed by atoms with van der Waals surface area (Å²) < 4.78 is 5.54. The minimum absolute atomic E-state index is 0.330. The molecule has 0 heterocycles. The molecule has 0 aliphatic heterocycles. The highest BCUT2D eigenvalue weighted by atomic mass is 35.5. The molecule has 1 fully saturated rings. The topological polar surface area (TPSA) is 9.23 Å². The molecule has 12 heavy (non-hydrogen) atoms. The van der Waals surface area contributed by atoms with Crippen molar-refractivity contribution in [3.8, 4) is 0 Å². The molecule has 0 N–H and O–H groups in total. The van der Waals surface area contributed by atoms with E-state index in [1.54, 1.807) is 0 Å². The number of rotatable bonds is 5. The Balaban J connectivity index is 2.18. The highest BCUT2D eigenvalue weighted by Crippen LogP contribution is 2.46. The summed E-state index contributed by atoms with van der Waals surface area (Å²) in [6, 6.07) is 0. The van der Waals surface area contributed by atoms with Crippen molar-refractivity contribution >= 4 is 11.6 Å². The molecule has 0 bridgehead atoms. The van der Waals surface area contributed by atoms with Crippen molar-refractivity contribution in [1.29, 1.82) is 0 Å². The van der Waals surface area contributed by atoms with Crippen molar-refractivity contribution in [2.45, 2.75) is 33.1 Å². The van der Waals surface area contributed by atoms with Gasteiger partial charge in [0.1, 0.15) is 0 Å². The van der Waals surface area contributed by atoms with Crippen LogP contribution in [0.2, 0.25) is 0 Å². The van der Waals surface area contributed by atoms with Crippen molar-refractivity contribution in [2.24, 2.45) is 11.3 Å². The first-order chi connectivity index (χ1) is 5.72. The van der Waals surface area contributed by atoms with Gasteiger partial charge >= 0.3 is 0 Å². The molecule has 72 valence electrons. The lowest BCUT2D eigenvalue weighted by Gasteiger charge is -2.45. The van der Waals surface area contributed by atoms with Gasteiger partial charge in [-0.3, -0.25) is 0 Å². The molecular weight excluding hydrogens is 172 g/mol. The predicted molar refractivity (Wildman–Crippen MR) is 52.7 cm³/mol. The molecule has 2 heteroatoms. The zero-order valence-corrected chi connectivity index (χ0v) is 8.86. The molecule has 1 rings (SSSR count). The molecule has 0 atom stereocenters. The molecular formula is C10H19ClO. The summed E-state index contributed by atoms with van der Waals surface area (Å²) >= 11 is 5.92. The second kappa shape index (κ2) is 4.48. The van der Waals surface area contributed by atoms with Crippen LogP contribution in [0.3, 0.4) is 0 Å². The Hall–Kier alpha value is 0.250. The summed E-state index contributed by atoms with van der Waals surface area (Å²) in [5.74, 6) is 1.62. The van der Waals surface area contributed by atoms with Crippen LogP contribution in [0, 0.1) is 11.3 Å². The van der Waals surface area contributed by atoms with Gasteiger partial charge in [0.05, 0.1) is 6.61 Å². The molecule has 0 spiro atoms. The van der Waals surface area contributed by atoms with Gasteiger partial charge in [-0.05, 0) is 25.2 Å². The fourth-order valence-electron chi connectivity index (χ4n) is 2.12. The van der Waals surface area contributed by atoms with Crippen LogP contribution in [0.5, 0.6) is 0 Å². The first-order valence-corrected chi connectivity index (χ1v) is 5.39. The van der Waals surface area contributed by atoms with Crippen LogP contribution in [-0.4, -0.2) is 19.1 Å². The Kier molecular flexibility index (Phi) is 3.85. The number of alkyl halides is 1. The standard InChI is InChI=1S/C10H19ClO/c1-3-4-12-8-10(7-11)5-9(2)6-10/h9H,3-8H2,1-2H3. The first-order valence-electron chi connectivity index (χ1n) is 4.86. The van der Waals surface area contributed by atoms with E-state index in [4.69, 9.17) is 16.3 Å². The Morgan fingerprint density at radius 2 is 2.17 bits per heavy atom. The first kappa shape index (κ1) is 10.3. The van der Waals surface area contributed by atoms with Crippen LogP contribution in [0.4, 0.5) is 0 Å². The third-order valence-electron chi connectivity index (χ3n) is 2.60. The third-order valence-corrected chi connectivity index (χ3v) is 3.17. The second-order valence-electron chi connectivity index (χ2n) is 4.20. The molecule has 1 saturated carbocycles. The largest absolute Gasteiger partial charge is 0.381 e. The van der Waals surface area contributed by atoms with Crippen LogP contribution >= 0.6 is 11.6 Å². The summed E-state index contributed by atoms with van der Waals surface area (Å²) in [7, 11) is 0. The average molecular weight is 191 g/mol. The highest BCUT2D eigenvalue weighted by Gasteiger charge is 2.41. The minimum Gasteiger partial charge on any atom is -0.381 e. The van der Waals surface area contributed by atoms with E-state index in [9.17, 15) is 0 Å². The Morgan fingerprint density at radius 3 is 2.58 bits per heavy atom. The Labute approximate surface area is 80.4 Å². The van der Waals surface area contributed by atoms with Crippen LogP contribution in [0.1, 0.15) is 33.1 Å². The third kappa shape index (κ3) is 2.37. The van der Waals surface area contributed by atoms with E-state index in [0.717, 1.165) is 31.4 Å². The van der Waals surface area contributed by atoms with E-state index in [2.05, 4.69) is 13.8 Å². The summed E-state index contributed by atoms with van der Waals surface area (Å²) in [5.41, 5.74) is 0.330.